The zero-order valence-corrected chi connectivity index (χ0v) is 20.5. The molecule has 0 atom stereocenters. The number of furan rings is 1. The molecule has 170 valence electrons. The third-order valence-corrected chi connectivity index (χ3v) is 5.95. The van der Waals surface area contributed by atoms with Crippen LogP contribution in [0.25, 0.3) is 27.7 Å². The van der Waals surface area contributed by atoms with Crippen molar-refractivity contribution in [2.45, 2.75) is 47.0 Å². The van der Waals surface area contributed by atoms with E-state index in [1.807, 2.05) is 32.9 Å². The third-order valence-electron chi connectivity index (χ3n) is 5.41. The van der Waals surface area contributed by atoms with Crippen LogP contribution in [0.15, 0.2) is 41.0 Å². The van der Waals surface area contributed by atoms with Crippen LogP contribution in [0.3, 0.4) is 0 Å². The van der Waals surface area contributed by atoms with E-state index in [0.717, 1.165) is 63.8 Å². The zero-order chi connectivity index (χ0) is 23.3. The van der Waals surface area contributed by atoms with Gasteiger partial charge >= 0.3 is 0 Å². The fraction of sp³-hybridized carbons (Fsp3) is 0.346. The highest BCUT2D eigenvalue weighted by Gasteiger charge is 2.20. The highest BCUT2D eigenvalue weighted by molar-refractivity contribution is 6.36. The van der Waals surface area contributed by atoms with Crippen molar-refractivity contribution in [1.29, 1.82) is 0 Å². The first kappa shape index (κ1) is 24.2. The number of amides is 1. The number of halogens is 2. The molecule has 32 heavy (non-hydrogen) atoms. The lowest BCUT2D eigenvalue weighted by Crippen LogP contribution is -2.22. The fourth-order valence-electron chi connectivity index (χ4n) is 3.77. The number of hydrogen-bond donors (Lipinski definition) is 1. The van der Waals surface area contributed by atoms with Gasteiger partial charge in [-0.2, -0.15) is 0 Å². The van der Waals surface area contributed by atoms with Crippen LogP contribution in [0.5, 0.6) is 5.75 Å². The molecule has 1 heterocycles. The lowest BCUT2D eigenvalue weighted by molar-refractivity contribution is -0.116. The maximum Gasteiger partial charge on any atom is 0.244 e. The second-order valence-electron chi connectivity index (χ2n) is 7.79. The average molecular weight is 474 g/mol. The Balaban J connectivity index is 2.07. The topological polar surface area (TPSA) is 51.5 Å². The zero-order valence-electron chi connectivity index (χ0n) is 19.0. The third kappa shape index (κ3) is 5.31. The number of aryl methyl sites for hydroxylation is 1. The second-order valence-corrected chi connectivity index (χ2v) is 8.63. The fourth-order valence-corrected chi connectivity index (χ4v) is 4.28. The van der Waals surface area contributed by atoms with Crippen LogP contribution in [0, 0.1) is 6.92 Å². The van der Waals surface area contributed by atoms with Crippen molar-refractivity contribution in [3.05, 3.63) is 57.8 Å². The van der Waals surface area contributed by atoms with E-state index in [0.29, 0.717) is 23.2 Å². The molecule has 6 heteroatoms. The highest BCUT2D eigenvalue weighted by Crippen LogP contribution is 2.42. The summed E-state index contributed by atoms with van der Waals surface area (Å²) in [5.41, 5.74) is 4.99. The van der Waals surface area contributed by atoms with Crippen molar-refractivity contribution < 1.29 is 13.9 Å². The summed E-state index contributed by atoms with van der Waals surface area (Å²) in [6.07, 6.45) is 6.52. The van der Waals surface area contributed by atoms with Gasteiger partial charge in [-0.1, -0.05) is 49.0 Å². The number of hydrogen-bond acceptors (Lipinski definition) is 3. The summed E-state index contributed by atoms with van der Waals surface area (Å²) in [7, 11) is 0. The Morgan fingerprint density at radius 3 is 2.62 bits per heavy atom. The Morgan fingerprint density at radius 2 is 1.94 bits per heavy atom. The standard InChI is InChI=1S/C26H29Cl2NO3/c1-5-7-8-11-29-24(30)12-16(3)20-14-21-22(19-10-9-18(27)13-23(19)28)15-32-26(21)17(4)25(20)31-6-2/h9-10,12-15H,5-8,11H2,1-4H3,(H,29,30)/b16-12+. The first-order valence-electron chi connectivity index (χ1n) is 11.0. The van der Waals surface area contributed by atoms with Gasteiger partial charge in [-0.15, -0.1) is 0 Å². The molecule has 0 aliphatic carbocycles. The highest BCUT2D eigenvalue weighted by atomic mass is 35.5. The summed E-state index contributed by atoms with van der Waals surface area (Å²) in [6, 6.07) is 7.41. The van der Waals surface area contributed by atoms with Crippen molar-refractivity contribution in [2.75, 3.05) is 13.2 Å². The molecule has 0 saturated heterocycles. The Bertz CT molecular complexity index is 1150. The molecule has 3 rings (SSSR count). The van der Waals surface area contributed by atoms with E-state index in [1.54, 1.807) is 24.5 Å². The lowest BCUT2D eigenvalue weighted by Gasteiger charge is -2.15. The quantitative estimate of drug-likeness (QED) is 0.254. The molecule has 0 spiro atoms. The molecule has 1 aromatic heterocycles. The van der Waals surface area contributed by atoms with Crippen LogP contribution in [0.1, 0.15) is 51.2 Å². The van der Waals surface area contributed by atoms with Gasteiger partial charge in [0, 0.05) is 45.3 Å². The molecule has 0 radical (unpaired) electrons. The van der Waals surface area contributed by atoms with E-state index in [2.05, 4.69) is 12.2 Å². The Kier molecular flexibility index (Phi) is 8.27. The van der Waals surface area contributed by atoms with Crippen LogP contribution in [0.4, 0.5) is 0 Å². The van der Waals surface area contributed by atoms with Crippen LogP contribution in [0.2, 0.25) is 10.0 Å². The van der Waals surface area contributed by atoms with Gasteiger partial charge in [0.05, 0.1) is 17.9 Å². The summed E-state index contributed by atoms with van der Waals surface area (Å²) in [4.78, 5) is 12.4. The average Bonchev–Trinajstić information content (AvgIpc) is 3.17. The van der Waals surface area contributed by atoms with Gasteiger partial charge in [-0.25, -0.2) is 0 Å². The Labute approximate surface area is 199 Å². The van der Waals surface area contributed by atoms with Crippen molar-refractivity contribution in [2.24, 2.45) is 0 Å². The molecular weight excluding hydrogens is 445 g/mol. The van der Waals surface area contributed by atoms with Crippen molar-refractivity contribution in [3.63, 3.8) is 0 Å². The molecule has 1 N–H and O–H groups in total. The number of carbonyl (C=O) groups is 1. The number of carbonyl (C=O) groups excluding carboxylic acids is 1. The Morgan fingerprint density at radius 1 is 1.16 bits per heavy atom. The van der Waals surface area contributed by atoms with Gasteiger partial charge in [-0.05, 0) is 51.0 Å². The van der Waals surface area contributed by atoms with Gasteiger partial charge < -0.3 is 14.5 Å². The smallest absolute Gasteiger partial charge is 0.244 e. The molecule has 0 aliphatic heterocycles. The van der Waals surface area contributed by atoms with Gasteiger partial charge in [0.15, 0.2) is 0 Å². The maximum atomic E-state index is 12.4. The first-order valence-corrected chi connectivity index (χ1v) is 11.7. The molecular formula is C26H29Cl2NO3. The molecule has 4 nitrogen and oxygen atoms in total. The number of nitrogens with one attached hydrogen (secondary N) is 1. The lowest BCUT2D eigenvalue weighted by atomic mass is 9.96. The van der Waals surface area contributed by atoms with E-state index in [-0.39, 0.29) is 5.91 Å². The second kappa shape index (κ2) is 10.9. The summed E-state index contributed by atoms with van der Waals surface area (Å²) < 4.78 is 11.9. The molecule has 0 aliphatic rings. The molecule has 1 amide bonds. The van der Waals surface area contributed by atoms with Crippen LogP contribution in [-0.2, 0) is 4.79 Å². The largest absolute Gasteiger partial charge is 0.493 e. The molecule has 0 saturated carbocycles. The number of allylic oxidation sites excluding steroid dienone is 1. The minimum atomic E-state index is -0.105. The van der Waals surface area contributed by atoms with Crippen LogP contribution >= 0.6 is 23.2 Å². The molecule has 0 fully saturated rings. The van der Waals surface area contributed by atoms with Crippen LogP contribution < -0.4 is 10.1 Å². The minimum Gasteiger partial charge on any atom is -0.493 e. The van der Waals surface area contributed by atoms with Gasteiger partial charge in [0.1, 0.15) is 11.3 Å². The predicted molar refractivity (Wildman–Crippen MR) is 134 cm³/mol. The summed E-state index contributed by atoms with van der Waals surface area (Å²) in [6.45, 7) is 9.14. The summed E-state index contributed by atoms with van der Waals surface area (Å²) >= 11 is 12.5. The van der Waals surface area contributed by atoms with E-state index >= 15 is 0 Å². The summed E-state index contributed by atoms with van der Waals surface area (Å²) in [5.74, 6) is 0.614. The van der Waals surface area contributed by atoms with E-state index in [4.69, 9.17) is 32.4 Å². The number of benzene rings is 2. The maximum absolute atomic E-state index is 12.4. The predicted octanol–water partition coefficient (Wildman–Crippen LogP) is 7.82. The Hall–Kier alpha value is -2.43. The van der Waals surface area contributed by atoms with Gasteiger partial charge in [0.2, 0.25) is 5.91 Å². The van der Waals surface area contributed by atoms with Crippen molar-refractivity contribution >= 4 is 45.7 Å². The number of rotatable bonds is 9. The molecule has 3 aromatic rings. The normalized spacial score (nSPS) is 11.8. The number of ether oxygens (including phenoxy) is 1. The minimum absolute atomic E-state index is 0.105. The number of unbranched alkanes of at least 4 members (excludes halogenated alkanes) is 2. The monoisotopic (exact) mass is 473 g/mol. The van der Waals surface area contributed by atoms with Gasteiger partial charge in [0.25, 0.3) is 0 Å². The van der Waals surface area contributed by atoms with E-state index in [1.165, 1.54) is 0 Å². The van der Waals surface area contributed by atoms with Crippen LogP contribution in [-0.4, -0.2) is 19.1 Å². The molecule has 0 bridgehead atoms. The van der Waals surface area contributed by atoms with Crippen molar-refractivity contribution in [1.82, 2.24) is 5.32 Å². The number of fused-ring (bicyclic) bond motifs is 1. The molecule has 2 aromatic carbocycles. The van der Waals surface area contributed by atoms with E-state index in [9.17, 15) is 4.79 Å². The van der Waals surface area contributed by atoms with Crippen molar-refractivity contribution in [3.8, 4) is 16.9 Å². The SMILES string of the molecule is CCCCCNC(=O)/C=C(\C)c1cc2c(-c3ccc(Cl)cc3Cl)coc2c(C)c1OCC. The van der Waals surface area contributed by atoms with Gasteiger partial charge in [-0.3, -0.25) is 4.79 Å². The molecule has 0 unspecified atom stereocenters. The summed E-state index contributed by atoms with van der Waals surface area (Å²) in [5, 5.41) is 4.99. The first-order chi connectivity index (χ1) is 15.4. The van der Waals surface area contributed by atoms with E-state index < -0.39 is 0 Å².